The summed E-state index contributed by atoms with van der Waals surface area (Å²) in [6, 6.07) is 11.9. The molecule has 4 rings (SSSR count). The third-order valence-corrected chi connectivity index (χ3v) is 7.35. The van der Waals surface area contributed by atoms with E-state index in [0.29, 0.717) is 18.4 Å². The van der Waals surface area contributed by atoms with Crippen molar-refractivity contribution in [3.63, 3.8) is 0 Å². The van der Waals surface area contributed by atoms with Crippen molar-refractivity contribution in [3.8, 4) is 5.75 Å². The van der Waals surface area contributed by atoms with Gasteiger partial charge in [-0.05, 0) is 55.2 Å². The van der Waals surface area contributed by atoms with Crippen molar-refractivity contribution in [2.75, 3.05) is 7.11 Å². The van der Waals surface area contributed by atoms with Gasteiger partial charge in [-0.3, -0.25) is 4.79 Å². The molecule has 0 N–H and O–H groups in total. The quantitative estimate of drug-likeness (QED) is 0.764. The van der Waals surface area contributed by atoms with Crippen LogP contribution in [-0.2, 0) is 21.2 Å². The first-order valence-electron chi connectivity index (χ1n) is 8.84. The summed E-state index contributed by atoms with van der Waals surface area (Å²) < 4.78 is 32.8. The van der Waals surface area contributed by atoms with Gasteiger partial charge in [0.2, 0.25) is 0 Å². The summed E-state index contributed by atoms with van der Waals surface area (Å²) in [6.45, 7) is 5.84. The molecule has 1 aliphatic heterocycles. The monoisotopic (exact) mass is 383 g/mol. The molecule has 0 radical (unpaired) electrons. The average molecular weight is 383 g/mol. The largest absolute Gasteiger partial charge is 0.497 e. The number of aryl methyl sites for hydroxylation is 1. The Labute approximate surface area is 159 Å². The van der Waals surface area contributed by atoms with E-state index in [1.54, 1.807) is 31.4 Å². The molecule has 6 heteroatoms. The minimum Gasteiger partial charge on any atom is -0.497 e. The Balaban J connectivity index is 1.78. The molecule has 2 aromatic rings. The molecular formula is C21H21NO4S. The van der Waals surface area contributed by atoms with Crippen LogP contribution < -0.4 is 4.74 Å². The maximum Gasteiger partial charge on any atom is 0.267 e. The Morgan fingerprint density at radius 2 is 1.85 bits per heavy atom. The molecule has 1 amide bonds. The fraction of sp³-hybridized carbons (Fsp3) is 0.286. The predicted molar refractivity (Wildman–Crippen MR) is 102 cm³/mol. The first-order chi connectivity index (χ1) is 12.8. The summed E-state index contributed by atoms with van der Waals surface area (Å²) >= 11 is 0. The van der Waals surface area contributed by atoms with Crippen LogP contribution in [-0.4, -0.2) is 31.8 Å². The lowest BCUT2D eigenvalue weighted by atomic mass is 9.74. The number of benzene rings is 2. The van der Waals surface area contributed by atoms with Gasteiger partial charge in [0.1, 0.15) is 5.75 Å². The second-order valence-corrected chi connectivity index (χ2v) is 8.97. The molecule has 1 fully saturated rings. The van der Waals surface area contributed by atoms with Gasteiger partial charge < -0.3 is 4.74 Å². The summed E-state index contributed by atoms with van der Waals surface area (Å²) in [5.74, 6) is 0.0401. The first-order valence-corrected chi connectivity index (χ1v) is 10.3. The number of hydrogen-bond acceptors (Lipinski definition) is 4. The van der Waals surface area contributed by atoms with Gasteiger partial charge in [-0.1, -0.05) is 30.3 Å². The number of carbonyl (C=O) groups excluding carboxylic acids is 1. The molecule has 140 valence electrons. The summed E-state index contributed by atoms with van der Waals surface area (Å²) in [5.41, 5.74) is 3.33. The fourth-order valence-corrected chi connectivity index (χ4v) is 5.64. The zero-order chi connectivity index (χ0) is 19.3. The van der Waals surface area contributed by atoms with E-state index in [2.05, 4.69) is 6.58 Å². The topological polar surface area (TPSA) is 63.7 Å². The lowest BCUT2D eigenvalue weighted by Crippen LogP contribution is -2.52. The summed E-state index contributed by atoms with van der Waals surface area (Å²) in [6.07, 6.45) is 1.05. The summed E-state index contributed by atoms with van der Waals surface area (Å²) in [5, 5.41) is 0. The van der Waals surface area contributed by atoms with Gasteiger partial charge in [-0.2, -0.15) is 0 Å². The van der Waals surface area contributed by atoms with Crippen molar-refractivity contribution < 1.29 is 17.9 Å². The first kappa shape index (κ1) is 17.8. The zero-order valence-corrected chi connectivity index (χ0v) is 16.1. The number of rotatable bonds is 3. The zero-order valence-electron chi connectivity index (χ0n) is 15.3. The minimum atomic E-state index is -3.93. The molecule has 0 spiro atoms. The molecule has 0 aromatic heterocycles. The number of hydrogen-bond donors (Lipinski definition) is 0. The van der Waals surface area contributed by atoms with Crippen molar-refractivity contribution in [1.82, 2.24) is 4.31 Å². The smallest absolute Gasteiger partial charge is 0.267 e. The van der Waals surface area contributed by atoms with Gasteiger partial charge in [-0.15, -0.1) is 0 Å². The maximum absolute atomic E-state index is 13.2. The molecular weight excluding hydrogens is 362 g/mol. The van der Waals surface area contributed by atoms with Crippen molar-refractivity contribution in [1.29, 1.82) is 0 Å². The van der Waals surface area contributed by atoms with Crippen LogP contribution in [0.5, 0.6) is 5.75 Å². The van der Waals surface area contributed by atoms with Crippen LogP contribution in [0.4, 0.5) is 0 Å². The van der Waals surface area contributed by atoms with Crippen LogP contribution in [0.1, 0.15) is 29.0 Å². The molecule has 2 bridgehead atoms. The van der Waals surface area contributed by atoms with Crippen molar-refractivity contribution >= 4 is 15.9 Å². The second kappa shape index (κ2) is 6.23. The van der Waals surface area contributed by atoms with Gasteiger partial charge in [0.15, 0.2) is 0 Å². The number of sulfonamides is 1. The van der Waals surface area contributed by atoms with Crippen LogP contribution in [0.15, 0.2) is 59.5 Å². The molecule has 1 heterocycles. The van der Waals surface area contributed by atoms with E-state index < -0.39 is 22.0 Å². The standard InChI is InChI=1S/C21H21NO4S/c1-13-4-8-18(9-5-13)27(24,25)22-16-10-15-6-7-17(26-3)12-20(15)19(11-16)14(2)21(22)23/h4-9,12,16,19H,2,10-11H2,1,3H3/t16-,19+/m1/s1. The predicted octanol–water partition coefficient (Wildman–Crippen LogP) is 3.19. The Kier molecular flexibility index (Phi) is 4.11. The van der Waals surface area contributed by atoms with E-state index in [9.17, 15) is 13.2 Å². The van der Waals surface area contributed by atoms with Crippen molar-refractivity contribution in [2.24, 2.45) is 0 Å². The number of methoxy groups -OCH3 is 1. The highest BCUT2D eigenvalue weighted by atomic mass is 32.2. The van der Waals surface area contributed by atoms with E-state index in [-0.39, 0.29) is 10.8 Å². The highest BCUT2D eigenvalue weighted by Gasteiger charge is 2.47. The molecule has 0 saturated carbocycles. The highest BCUT2D eigenvalue weighted by molar-refractivity contribution is 7.89. The van der Waals surface area contributed by atoms with E-state index in [0.717, 1.165) is 26.7 Å². The highest BCUT2D eigenvalue weighted by Crippen LogP contribution is 2.45. The Bertz CT molecular complexity index is 1040. The molecule has 2 aliphatic rings. The molecule has 1 saturated heterocycles. The second-order valence-electron chi connectivity index (χ2n) is 7.16. The van der Waals surface area contributed by atoms with E-state index >= 15 is 0 Å². The van der Waals surface area contributed by atoms with Gasteiger partial charge in [0, 0.05) is 11.5 Å². The number of carbonyl (C=O) groups is 1. The molecule has 2 atom stereocenters. The molecule has 1 aliphatic carbocycles. The number of nitrogens with zero attached hydrogens (tertiary/aromatic N) is 1. The minimum absolute atomic E-state index is 0.133. The number of ether oxygens (including phenoxy) is 1. The lowest BCUT2D eigenvalue weighted by molar-refractivity contribution is -0.126. The molecule has 27 heavy (non-hydrogen) atoms. The van der Waals surface area contributed by atoms with E-state index in [4.69, 9.17) is 4.74 Å². The van der Waals surface area contributed by atoms with Crippen LogP contribution in [0, 0.1) is 6.92 Å². The number of amides is 1. The van der Waals surface area contributed by atoms with Gasteiger partial charge in [0.25, 0.3) is 15.9 Å². The average Bonchev–Trinajstić information content (AvgIpc) is 2.65. The van der Waals surface area contributed by atoms with Gasteiger partial charge >= 0.3 is 0 Å². The van der Waals surface area contributed by atoms with Crippen LogP contribution in [0.2, 0.25) is 0 Å². The van der Waals surface area contributed by atoms with Crippen molar-refractivity contribution in [3.05, 3.63) is 71.3 Å². The van der Waals surface area contributed by atoms with Gasteiger partial charge in [0.05, 0.1) is 18.0 Å². The van der Waals surface area contributed by atoms with E-state index in [1.165, 1.54) is 0 Å². The number of fused-ring (bicyclic) bond motifs is 4. The van der Waals surface area contributed by atoms with E-state index in [1.807, 2.05) is 25.1 Å². The molecule has 5 nitrogen and oxygen atoms in total. The Morgan fingerprint density at radius 1 is 1.15 bits per heavy atom. The summed E-state index contributed by atoms with van der Waals surface area (Å²) in [4.78, 5) is 13.1. The molecule has 0 unspecified atom stereocenters. The van der Waals surface area contributed by atoms with Gasteiger partial charge in [-0.25, -0.2) is 12.7 Å². The lowest BCUT2D eigenvalue weighted by Gasteiger charge is -2.43. The molecule has 2 aromatic carbocycles. The Hall–Kier alpha value is -2.60. The van der Waals surface area contributed by atoms with Crippen LogP contribution >= 0.6 is 0 Å². The Morgan fingerprint density at radius 3 is 2.52 bits per heavy atom. The van der Waals surface area contributed by atoms with Crippen LogP contribution in [0.3, 0.4) is 0 Å². The normalized spacial score (nSPS) is 21.8. The maximum atomic E-state index is 13.2. The third-order valence-electron chi connectivity index (χ3n) is 5.50. The fourth-order valence-electron chi connectivity index (χ4n) is 4.04. The van der Waals surface area contributed by atoms with Crippen molar-refractivity contribution in [2.45, 2.75) is 36.6 Å². The SMILES string of the molecule is C=C1C(=O)N(S(=O)(=O)c2ccc(C)cc2)[C@@H]2Cc3ccc(OC)cc3[C@H]1C2. The summed E-state index contributed by atoms with van der Waals surface area (Å²) in [7, 11) is -2.33. The third kappa shape index (κ3) is 2.75. The number of piperidine rings is 1. The van der Waals surface area contributed by atoms with Crippen LogP contribution in [0.25, 0.3) is 0 Å².